The van der Waals surface area contributed by atoms with Crippen LogP contribution in [0.3, 0.4) is 0 Å². The Morgan fingerprint density at radius 2 is 2.10 bits per heavy atom. The number of likely N-dealkylation sites (N-methyl/N-ethyl adjacent to an activating group) is 1. The van der Waals surface area contributed by atoms with Gasteiger partial charge < -0.3 is 20.0 Å². The number of piperazine rings is 1. The quantitative estimate of drug-likeness (QED) is 0.790. The Kier molecular flexibility index (Phi) is 2.81. The third-order valence-electron chi connectivity index (χ3n) is 3.26. The Morgan fingerprint density at radius 1 is 1.30 bits per heavy atom. The first kappa shape index (κ1) is 12.5. The van der Waals surface area contributed by atoms with Gasteiger partial charge >= 0.3 is 0 Å². The van der Waals surface area contributed by atoms with Crippen molar-refractivity contribution in [1.29, 1.82) is 0 Å². The van der Waals surface area contributed by atoms with E-state index in [2.05, 4.69) is 4.98 Å². The predicted molar refractivity (Wildman–Crippen MR) is 71.5 cm³/mol. The molecule has 0 saturated carbocycles. The Labute approximate surface area is 114 Å². The number of nitrogen functional groups attached to an aromatic ring is 1. The molecule has 104 valence electrons. The molecule has 1 aliphatic heterocycles. The first-order valence-electron chi connectivity index (χ1n) is 6.19. The standard InChI is InChI=1S/C13H14N4O3/c1-16-6-13(19)17(7-12(16)18)5-11-15-9-4-8(14)2-3-10(9)20-11/h2-4H,5-7,14H2,1H3. The Hall–Kier alpha value is -2.57. The molecular formula is C13H14N4O3. The zero-order valence-corrected chi connectivity index (χ0v) is 11.0. The predicted octanol–water partition coefficient (Wildman–Crippen LogP) is 0.211. The number of aromatic nitrogens is 1. The molecule has 0 bridgehead atoms. The zero-order chi connectivity index (χ0) is 14.3. The van der Waals surface area contributed by atoms with Crippen LogP contribution in [0.4, 0.5) is 5.69 Å². The van der Waals surface area contributed by atoms with Crippen molar-refractivity contribution in [2.45, 2.75) is 6.54 Å². The minimum Gasteiger partial charge on any atom is -0.439 e. The summed E-state index contributed by atoms with van der Waals surface area (Å²) in [7, 11) is 1.61. The molecular weight excluding hydrogens is 260 g/mol. The van der Waals surface area contributed by atoms with E-state index >= 15 is 0 Å². The van der Waals surface area contributed by atoms with Crippen LogP contribution in [-0.4, -0.2) is 46.7 Å². The van der Waals surface area contributed by atoms with Gasteiger partial charge in [0.25, 0.3) is 0 Å². The van der Waals surface area contributed by atoms with E-state index in [4.69, 9.17) is 10.2 Å². The largest absolute Gasteiger partial charge is 0.439 e. The lowest BCUT2D eigenvalue weighted by atomic mass is 10.3. The van der Waals surface area contributed by atoms with Crippen molar-refractivity contribution < 1.29 is 14.0 Å². The second-order valence-electron chi connectivity index (χ2n) is 4.83. The summed E-state index contributed by atoms with van der Waals surface area (Å²) in [5, 5.41) is 0. The summed E-state index contributed by atoms with van der Waals surface area (Å²) in [6, 6.07) is 5.17. The van der Waals surface area contributed by atoms with Crippen LogP contribution in [0.15, 0.2) is 22.6 Å². The molecule has 7 nitrogen and oxygen atoms in total. The van der Waals surface area contributed by atoms with Crippen molar-refractivity contribution in [3.8, 4) is 0 Å². The fraction of sp³-hybridized carbons (Fsp3) is 0.308. The number of fused-ring (bicyclic) bond motifs is 1. The van der Waals surface area contributed by atoms with Crippen LogP contribution < -0.4 is 5.73 Å². The van der Waals surface area contributed by atoms with Gasteiger partial charge in [-0.3, -0.25) is 9.59 Å². The third kappa shape index (κ3) is 2.18. The summed E-state index contributed by atoms with van der Waals surface area (Å²) >= 11 is 0. The molecule has 7 heteroatoms. The monoisotopic (exact) mass is 274 g/mol. The Morgan fingerprint density at radius 3 is 2.90 bits per heavy atom. The minimum absolute atomic E-state index is 0.0518. The van der Waals surface area contributed by atoms with Gasteiger partial charge in [-0.05, 0) is 18.2 Å². The van der Waals surface area contributed by atoms with Crippen molar-refractivity contribution in [3.05, 3.63) is 24.1 Å². The number of benzene rings is 1. The van der Waals surface area contributed by atoms with E-state index < -0.39 is 0 Å². The maximum Gasteiger partial charge on any atom is 0.243 e. The normalized spacial score (nSPS) is 16.2. The highest BCUT2D eigenvalue weighted by Crippen LogP contribution is 2.19. The van der Waals surface area contributed by atoms with E-state index in [0.717, 1.165) is 0 Å². The van der Waals surface area contributed by atoms with E-state index in [1.807, 2.05) is 0 Å². The van der Waals surface area contributed by atoms with Crippen LogP contribution in [0.5, 0.6) is 0 Å². The van der Waals surface area contributed by atoms with Gasteiger partial charge in [0.2, 0.25) is 17.7 Å². The molecule has 1 saturated heterocycles. The van der Waals surface area contributed by atoms with Crippen molar-refractivity contribution in [3.63, 3.8) is 0 Å². The molecule has 0 spiro atoms. The number of oxazole rings is 1. The molecule has 1 aromatic heterocycles. The highest BCUT2D eigenvalue weighted by Gasteiger charge is 2.28. The second kappa shape index (κ2) is 4.52. The number of amides is 2. The fourth-order valence-electron chi connectivity index (χ4n) is 2.13. The summed E-state index contributed by atoms with van der Waals surface area (Å²) < 4.78 is 5.55. The van der Waals surface area contributed by atoms with Crippen LogP contribution in [0.1, 0.15) is 5.89 Å². The number of hydrogen-bond donors (Lipinski definition) is 1. The van der Waals surface area contributed by atoms with E-state index in [1.54, 1.807) is 25.2 Å². The number of nitrogens with two attached hydrogens (primary N) is 1. The van der Waals surface area contributed by atoms with Crippen molar-refractivity contribution in [2.75, 3.05) is 25.9 Å². The molecule has 0 radical (unpaired) electrons. The van der Waals surface area contributed by atoms with Gasteiger partial charge in [-0.2, -0.15) is 0 Å². The maximum absolute atomic E-state index is 11.9. The average Bonchev–Trinajstić information content (AvgIpc) is 2.77. The molecule has 1 aromatic carbocycles. The molecule has 2 amide bonds. The smallest absolute Gasteiger partial charge is 0.243 e. The van der Waals surface area contributed by atoms with E-state index in [1.165, 1.54) is 9.80 Å². The second-order valence-corrected chi connectivity index (χ2v) is 4.83. The van der Waals surface area contributed by atoms with Gasteiger partial charge in [0.05, 0.1) is 13.1 Å². The summed E-state index contributed by atoms with van der Waals surface area (Å²) in [6.45, 7) is 0.329. The number of rotatable bonds is 2. The van der Waals surface area contributed by atoms with Gasteiger partial charge in [0, 0.05) is 12.7 Å². The Balaban J connectivity index is 1.82. The Bertz CT molecular complexity index is 694. The van der Waals surface area contributed by atoms with Gasteiger partial charge in [-0.25, -0.2) is 4.98 Å². The van der Waals surface area contributed by atoms with E-state index in [0.29, 0.717) is 22.7 Å². The number of carbonyl (C=O) groups excluding carboxylic acids is 2. The zero-order valence-electron chi connectivity index (χ0n) is 11.0. The van der Waals surface area contributed by atoms with Crippen molar-refractivity contribution in [1.82, 2.24) is 14.8 Å². The topological polar surface area (TPSA) is 92.7 Å². The molecule has 0 aliphatic carbocycles. The summed E-state index contributed by atoms with van der Waals surface area (Å²) in [6.07, 6.45) is 0. The van der Waals surface area contributed by atoms with Crippen LogP contribution in [0.2, 0.25) is 0 Å². The molecule has 2 aromatic rings. The first-order chi connectivity index (χ1) is 9.52. The lowest BCUT2D eigenvalue weighted by molar-refractivity contribution is -0.149. The summed E-state index contributed by atoms with van der Waals surface area (Å²) in [5.74, 6) is 0.190. The van der Waals surface area contributed by atoms with Gasteiger partial charge in [-0.15, -0.1) is 0 Å². The average molecular weight is 274 g/mol. The summed E-state index contributed by atoms with van der Waals surface area (Å²) in [5.41, 5.74) is 7.54. The van der Waals surface area contributed by atoms with Crippen LogP contribution in [-0.2, 0) is 16.1 Å². The van der Waals surface area contributed by atoms with Crippen molar-refractivity contribution >= 4 is 28.6 Å². The molecule has 1 aliphatic rings. The lowest BCUT2D eigenvalue weighted by Crippen LogP contribution is -2.51. The number of hydrogen-bond acceptors (Lipinski definition) is 5. The fourth-order valence-corrected chi connectivity index (χ4v) is 2.13. The SMILES string of the molecule is CN1CC(=O)N(Cc2nc3cc(N)ccc3o2)CC1=O. The van der Waals surface area contributed by atoms with Gasteiger partial charge in [0.15, 0.2) is 5.58 Å². The molecule has 3 rings (SSSR count). The molecule has 0 atom stereocenters. The number of anilines is 1. The highest BCUT2D eigenvalue weighted by molar-refractivity contribution is 5.92. The number of nitrogens with zero attached hydrogens (tertiary/aromatic N) is 3. The molecule has 1 fully saturated rings. The molecule has 2 N–H and O–H groups in total. The van der Waals surface area contributed by atoms with Crippen LogP contribution >= 0.6 is 0 Å². The summed E-state index contributed by atoms with van der Waals surface area (Å²) in [4.78, 5) is 30.6. The lowest BCUT2D eigenvalue weighted by Gasteiger charge is -2.30. The van der Waals surface area contributed by atoms with E-state index in [-0.39, 0.29) is 31.4 Å². The van der Waals surface area contributed by atoms with Gasteiger partial charge in [-0.1, -0.05) is 0 Å². The van der Waals surface area contributed by atoms with Crippen molar-refractivity contribution in [2.24, 2.45) is 0 Å². The minimum atomic E-state index is -0.117. The molecule has 20 heavy (non-hydrogen) atoms. The first-order valence-corrected chi connectivity index (χ1v) is 6.19. The third-order valence-corrected chi connectivity index (χ3v) is 3.26. The molecule has 0 unspecified atom stereocenters. The van der Waals surface area contributed by atoms with E-state index in [9.17, 15) is 9.59 Å². The highest BCUT2D eigenvalue weighted by atomic mass is 16.3. The molecule has 2 heterocycles. The van der Waals surface area contributed by atoms with Crippen LogP contribution in [0.25, 0.3) is 11.1 Å². The number of carbonyl (C=O) groups is 2. The maximum atomic E-state index is 11.9. The van der Waals surface area contributed by atoms with Crippen LogP contribution in [0, 0.1) is 0 Å². The van der Waals surface area contributed by atoms with Gasteiger partial charge in [0.1, 0.15) is 12.1 Å².